The van der Waals surface area contributed by atoms with E-state index in [4.69, 9.17) is 4.74 Å². The van der Waals surface area contributed by atoms with Gasteiger partial charge in [-0.2, -0.15) is 5.26 Å². The average Bonchev–Trinajstić information content (AvgIpc) is 3.09. The molecule has 23 heavy (non-hydrogen) atoms. The summed E-state index contributed by atoms with van der Waals surface area (Å²) in [6.07, 6.45) is 3.39. The minimum absolute atomic E-state index is 0.00807. The normalized spacial score (nSPS) is 15.5. The van der Waals surface area contributed by atoms with E-state index in [-0.39, 0.29) is 5.91 Å². The first-order valence-electron chi connectivity index (χ1n) is 8.53. The fourth-order valence-corrected chi connectivity index (χ4v) is 2.83. The molecule has 1 atom stereocenters. The van der Waals surface area contributed by atoms with Crippen molar-refractivity contribution >= 4 is 5.91 Å². The van der Waals surface area contributed by atoms with E-state index in [0.717, 1.165) is 31.7 Å². The molecule has 1 amide bonds. The Labute approximate surface area is 139 Å². The second kappa shape index (κ2) is 8.57. The van der Waals surface area contributed by atoms with E-state index >= 15 is 0 Å². The molecule has 1 saturated heterocycles. The largest absolute Gasteiger partial charge is 0.494 e. The van der Waals surface area contributed by atoms with Crippen LogP contribution >= 0.6 is 0 Å². The molecular weight excluding hydrogens is 288 g/mol. The summed E-state index contributed by atoms with van der Waals surface area (Å²) >= 11 is 0. The molecule has 1 aromatic carbocycles. The standard InChI is InChI=1S/C19H26N2O2/c1-15(2)16-7-9-18(10-8-16)23-13-5-6-17(14-20)19(22)21-11-3-4-12-21/h7-10,15,17H,3-6,11-13H2,1-2H3. The first kappa shape index (κ1) is 17.3. The predicted octanol–water partition coefficient (Wildman–Crippen LogP) is 3.73. The number of rotatable bonds is 7. The Morgan fingerprint density at radius 2 is 1.91 bits per heavy atom. The molecule has 124 valence electrons. The van der Waals surface area contributed by atoms with Gasteiger partial charge >= 0.3 is 0 Å². The van der Waals surface area contributed by atoms with Crippen molar-refractivity contribution in [2.45, 2.75) is 45.4 Å². The number of likely N-dealkylation sites (tertiary alicyclic amines) is 1. The van der Waals surface area contributed by atoms with E-state index < -0.39 is 5.92 Å². The molecule has 0 saturated carbocycles. The van der Waals surface area contributed by atoms with Gasteiger partial charge in [-0.05, 0) is 49.3 Å². The first-order valence-corrected chi connectivity index (χ1v) is 8.53. The minimum atomic E-state index is -0.528. The monoisotopic (exact) mass is 314 g/mol. The summed E-state index contributed by atoms with van der Waals surface area (Å²) < 4.78 is 5.71. The molecule has 0 radical (unpaired) electrons. The van der Waals surface area contributed by atoms with Gasteiger partial charge < -0.3 is 9.64 Å². The van der Waals surface area contributed by atoms with Crippen LogP contribution in [0.25, 0.3) is 0 Å². The van der Waals surface area contributed by atoms with Crippen molar-refractivity contribution in [2.75, 3.05) is 19.7 Å². The molecule has 0 spiro atoms. The fraction of sp³-hybridized carbons (Fsp3) is 0.579. The molecule has 1 fully saturated rings. The summed E-state index contributed by atoms with van der Waals surface area (Å²) in [6.45, 7) is 6.46. The van der Waals surface area contributed by atoms with E-state index in [1.807, 2.05) is 17.0 Å². The number of nitrogens with zero attached hydrogens (tertiary/aromatic N) is 2. The summed E-state index contributed by atoms with van der Waals surface area (Å²) in [7, 11) is 0. The van der Waals surface area contributed by atoms with E-state index in [2.05, 4.69) is 32.0 Å². The average molecular weight is 314 g/mol. The van der Waals surface area contributed by atoms with Crippen molar-refractivity contribution in [3.8, 4) is 11.8 Å². The Bertz CT molecular complexity index is 539. The third-order valence-corrected chi connectivity index (χ3v) is 4.32. The number of carbonyl (C=O) groups is 1. The van der Waals surface area contributed by atoms with Crippen LogP contribution in [0.15, 0.2) is 24.3 Å². The van der Waals surface area contributed by atoms with Gasteiger partial charge in [0, 0.05) is 13.1 Å². The third-order valence-electron chi connectivity index (χ3n) is 4.32. The molecule has 0 aromatic heterocycles. The topological polar surface area (TPSA) is 53.3 Å². The highest BCUT2D eigenvalue weighted by Crippen LogP contribution is 2.19. The number of benzene rings is 1. The highest BCUT2D eigenvalue weighted by atomic mass is 16.5. The zero-order chi connectivity index (χ0) is 16.7. The molecule has 1 aromatic rings. The lowest BCUT2D eigenvalue weighted by molar-refractivity contribution is -0.132. The van der Waals surface area contributed by atoms with Crippen molar-refractivity contribution in [3.05, 3.63) is 29.8 Å². The maximum Gasteiger partial charge on any atom is 0.239 e. The number of hydrogen-bond donors (Lipinski definition) is 0. The van der Waals surface area contributed by atoms with Crippen molar-refractivity contribution in [3.63, 3.8) is 0 Å². The van der Waals surface area contributed by atoms with E-state index in [0.29, 0.717) is 25.4 Å². The van der Waals surface area contributed by atoms with Crippen LogP contribution in [-0.4, -0.2) is 30.5 Å². The lowest BCUT2D eigenvalue weighted by Gasteiger charge is -2.18. The Morgan fingerprint density at radius 1 is 1.26 bits per heavy atom. The molecular formula is C19H26N2O2. The number of ether oxygens (including phenoxy) is 1. The van der Waals surface area contributed by atoms with Gasteiger partial charge in [-0.15, -0.1) is 0 Å². The van der Waals surface area contributed by atoms with Gasteiger partial charge in [0.1, 0.15) is 11.7 Å². The van der Waals surface area contributed by atoms with Crippen LogP contribution in [0.1, 0.15) is 51.0 Å². The van der Waals surface area contributed by atoms with E-state index in [1.54, 1.807) is 0 Å². The van der Waals surface area contributed by atoms with Crippen LogP contribution in [0.4, 0.5) is 0 Å². The number of nitriles is 1. The Balaban J connectivity index is 1.73. The van der Waals surface area contributed by atoms with E-state index in [1.165, 1.54) is 5.56 Å². The van der Waals surface area contributed by atoms with Gasteiger partial charge in [-0.3, -0.25) is 4.79 Å². The molecule has 1 aliphatic heterocycles. The van der Waals surface area contributed by atoms with Crippen LogP contribution in [-0.2, 0) is 4.79 Å². The molecule has 4 nitrogen and oxygen atoms in total. The quantitative estimate of drug-likeness (QED) is 0.721. The lowest BCUT2D eigenvalue weighted by Crippen LogP contribution is -2.33. The van der Waals surface area contributed by atoms with Gasteiger partial charge in [0.15, 0.2) is 0 Å². The summed E-state index contributed by atoms with van der Waals surface area (Å²) in [5.41, 5.74) is 1.29. The SMILES string of the molecule is CC(C)c1ccc(OCCCC(C#N)C(=O)N2CCCC2)cc1. The highest BCUT2D eigenvalue weighted by molar-refractivity contribution is 5.81. The van der Waals surface area contributed by atoms with Gasteiger partial charge in [-0.1, -0.05) is 26.0 Å². The summed E-state index contributed by atoms with van der Waals surface area (Å²) in [4.78, 5) is 14.0. The molecule has 1 unspecified atom stereocenters. The molecule has 0 aliphatic carbocycles. The molecule has 2 rings (SSSR count). The number of hydrogen-bond acceptors (Lipinski definition) is 3. The van der Waals surface area contributed by atoms with Gasteiger partial charge in [0.05, 0.1) is 12.7 Å². The number of carbonyl (C=O) groups excluding carboxylic acids is 1. The van der Waals surface area contributed by atoms with E-state index in [9.17, 15) is 10.1 Å². The maximum atomic E-state index is 12.2. The minimum Gasteiger partial charge on any atom is -0.494 e. The van der Waals surface area contributed by atoms with Crippen molar-refractivity contribution in [1.29, 1.82) is 5.26 Å². The summed E-state index contributed by atoms with van der Waals surface area (Å²) in [5, 5.41) is 9.22. The van der Waals surface area contributed by atoms with Crippen LogP contribution in [0.3, 0.4) is 0 Å². The van der Waals surface area contributed by atoms with Crippen molar-refractivity contribution < 1.29 is 9.53 Å². The Morgan fingerprint density at radius 3 is 2.48 bits per heavy atom. The first-order chi connectivity index (χ1) is 11.1. The number of amides is 1. The Hall–Kier alpha value is -2.02. The highest BCUT2D eigenvalue weighted by Gasteiger charge is 2.25. The molecule has 0 N–H and O–H groups in total. The van der Waals surface area contributed by atoms with Crippen molar-refractivity contribution in [2.24, 2.45) is 5.92 Å². The molecule has 4 heteroatoms. The zero-order valence-corrected chi connectivity index (χ0v) is 14.1. The van der Waals surface area contributed by atoms with Gasteiger partial charge in [-0.25, -0.2) is 0 Å². The fourth-order valence-electron chi connectivity index (χ4n) is 2.83. The van der Waals surface area contributed by atoms with Crippen LogP contribution in [0.5, 0.6) is 5.75 Å². The predicted molar refractivity (Wildman–Crippen MR) is 90.2 cm³/mol. The van der Waals surface area contributed by atoms with Crippen LogP contribution < -0.4 is 4.74 Å². The van der Waals surface area contributed by atoms with Crippen LogP contribution in [0.2, 0.25) is 0 Å². The van der Waals surface area contributed by atoms with Crippen molar-refractivity contribution in [1.82, 2.24) is 4.90 Å². The second-order valence-electron chi connectivity index (χ2n) is 6.43. The smallest absolute Gasteiger partial charge is 0.239 e. The Kier molecular flexibility index (Phi) is 6.46. The zero-order valence-electron chi connectivity index (χ0n) is 14.1. The lowest BCUT2D eigenvalue weighted by atomic mass is 10.0. The maximum absolute atomic E-state index is 12.2. The molecule has 1 heterocycles. The second-order valence-corrected chi connectivity index (χ2v) is 6.43. The molecule has 1 aliphatic rings. The van der Waals surface area contributed by atoms with Crippen LogP contribution in [0, 0.1) is 17.2 Å². The molecule has 0 bridgehead atoms. The summed E-state index contributed by atoms with van der Waals surface area (Å²) in [5.74, 6) is 0.817. The third kappa shape index (κ3) is 4.99. The summed E-state index contributed by atoms with van der Waals surface area (Å²) in [6, 6.07) is 10.3. The van der Waals surface area contributed by atoms with Gasteiger partial charge in [0.2, 0.25) is 5.91 Å². The van der Waals surface area contributed by atoms with Gasteiger partial charge in [0.25, 0.3) is 0 Å².